The van der Waals surface area contributed by atoms with Crippen molar-refractivity contribution in [1.29, 1.82) is 0 Å². The SMILES string of the molecule is CN1Sc2ccccc2C(O)=C1C(=O)Nc1ccc(CCc2ccc(O)c(O)c2)cc1. The molecule has 1 heterocycles. The third kappa shape index (κ3) is 4.46. The molecule has 158 valence electrons. The van der Waals surface area contributed by atoms with Crippen LogP contribution in [0.15, 0.2) is 77.3 Å². The van der Waals surface area contributed by atoms with Gasteiger partial charge in [-0.2, -0.15) is 0 Å². The Kier molecular flexibility index (Phi) is 5.77. The van der Waals surface area contributed by atoms with Gasteiger partial charge in [0, 0.05) is 23.2 Å². The van der Waals surface area contributed by atoms with Gasteiger partial charge in [0.1, 0.15) is 0 Å². The highest BCUT2D eigenvalue weighted by molar-refractivity contribution is 7.97. The van der Waals surface area contributed by atoms with E-state index in [2.05, 4.69) is 5.32 Å². The van der Waals surface area contributed by atoms with E-state index in [1.807, 2.05) is 42.5 Å². The standard InChI is InChI=1S/C24H22N2O4S/c1-26-22(23(29)18-4-2-3-5-21(18)31-26)24(30)25-17-11-8-15(9-12-17)6-7-16-10-13-19(27)20(28)14-16/h2-5,8-14,27-29H,6-7H2,1H3,(H,25,30). The van der Waals surface area contributed by atoms with Crippen LogP contribution in [0.3, 0.4) is 0 Å². The summed E-state index contributed by atoms with van der Waals surface area (Å²) >= 11 is 1.39. The summed E-state index contributed by atoms with van der Waals surface area (Å²) < 4.78 is 1.66. The summed E-state index contributed by atoms with van der Waals surface area (Å²) in [6.07, 6.45) is 1.46. The topological polar surface area (TPSA) is 93.0 Å². The average Bonchev–Trinajstić information content (AvgIpc) is 2.75. The Morgan fingerprint density at radius 1 is 0.903 bits per heavy atom. The number of aliphatic hydroxyl groups is 1. The molecule has 0 unspecified atom stereocenters. The van der Waals surface area contributed by atoms with Crippen LogP contribution in [0.25, 0.3) is 5.76 Å². The number of rotatable bonds is 5. The fourth-order valence-electron chi connectivity index (χ4n) is 3.42. The molecule has 3 aromatic carbocycles. The monoisotopic (exact) mass is 434 g/mol. The number of hydrogen-bond acceptors (Lipinski definition) is 6. The van der Waals surface area contributed by atoms with Gasteiger partial charge < -0.3 is 24.9 Å². The van der Waals surface area contributed by atoms with Gasteiger partial charge in [0.2, 0.25) is 0 Å². The van der Waals surface area contributed by atoms with E-state index < -0.39 is 0 Å². The number of nitrogens with one attached hydrogen (secondary N) is 1. The van der Waals surface area contributed by atoms with E-state index in [0.29, 0.717) is 17.7 Å². The van der Waals surface area contributed by atoms with Crippen molar-refractivity contribution in [2.24, 2.45) is 0 Å². The van der Waals surface area contributed by atoms with Crippen molar-refractivity contribution >= 4 is 29.3 Å². The summed E-state index contributed by atoms with van der Waals surface area (Å²) in [5, 5.41) is 32.5. The van der Waals surface area contributed by atoms with Crippen molar-refractivity contribution < 1.29 is 20.1 Å². The number of fused-ring (bicyclic) bond motifs is 1. The molecule has 0 bridgehead atoms. The summed E-state index contributed by atoms with van der Waals surface area (Å²) in [5.41, 5.74) is 3.49. The third-order valence-corrected chi connectivity index (χ3v) is 6.09. The van der Waals surface area contributed by atoms with Crippen LogP contribution in [0.5, 0.6) is 11.5 Å². The zero-order valence-corrected chi connectivity index (χ0v) is 17.7. The van der Waals surface area contributed by atoms with E-state index in [-0.39, 0.29) is 28.9 Å². The lowest BCUT2D eigenvalue weighted by Crippen LogP contribution is -2.27. The van der Waals surface area contributed by atoms with Crippen molar-refractivity contribution in [1.82, 2.24) is 4.31 Å². The first-order valence-electron chi connectivity index (χ1n) is 9.78. The van der Waals surface area contributed by atoms with Gasteiger partial charge in [0.25, 0.3) is 5.91 Å². The first-order chi connectivity index (χ1) is 14.9. The van der Waals surface area contributed by atoms with Crippen LogP contribution in [-0.4, -0.2) is 32.6 Å². The Bertz CT molecular complexity index is 1160. The quantitative estimate of drug-likeness (QED) is 0.344. The number of amides is 1. The molecule has 0 spiro atoms. The van der Waals surface area contributed by atoms with Crippen molar-refractivity contribution in [3.05, 3.63) is 89.1 Å². The predicted octanol–water partition coefficient (Wildman–Crippen LogP) is 4.70. The van der Waals surface area contributed by atoms with Crippen molar-refractivity contribution in [3.8, 4) is 11.5 Å². The number of phenols is 2. The molecule has 6 nitrogen and oxygen atoms in total. The Balaban J connectivity index is 1.43. The number of phenolic OH excluding ortho intramolecular Hbond substituents is 2. The van der Waals surface area contributed by atoms with Crippen LogP contribution >= 0.6 is 11.9 Å². The normalized spacial score (nSPS) is 13.1. The van der Waals surface area contributed by atoms with Crippen LogP contribution in [0.1, 0.15) is 16.7 Å². The largest absolute Gasteiger partial charge is 0.505 e. The second-order valence-corrected chi connectivity index (χ2v) is 8.43. The minimum Gasteiger partial charge on any atom is -0.505 e. The van der Waals surface area contributed by atoms with E-state index in [1.165, 1.54) is 18.0 Å². The molecular formula is C24H22N2O4S. The maximum Gasteiger partial charge on any atom is 0.276 e. The highest BCUT2D eigenvalue weighted by Gasteiger charge is 2.28. The molecule has 31 heavy (non-hydrogen) atoms. The lowest BCUT2D eigenvalue weighted by Gasteiger charge is -2.27. The van der Waals surface area contributed by atoms with Gasteiger partial charge in [-0.05, 0) is 72.3 Å². The molecule has 0 fully saturated rings. The first kappa shape index (κ1) is 20.7. The molecular weight excluding hydrogens is 412 g/mol. The van der Waals surface area contributed by atoms with E-state index >= 15 is 0 Å². The Labute approximate surface area is 184 Å². The minimum atomic E-state index is -0.380. The molecule has 1 aliphatic rings. The molecule has 4 N–H and O–H groups in total. The molecule has 0 saturated heterocycles. The summed E-state index contributed by atoms with van der Waals surface area (Å²) in [5.74, 6) is -0.672. The van der Waals surface area contributed by atoms with Crippen LogP contribution in [-0.2, 0) is 17.6 Å². The van der Waals surface area contributed by atoms with E-state index in [0.717, 1.165) is 22.4 Å². The van der Waals surface area contributed by atoms with Crippen LogP contribution in [0, 0.1) is 0 Å². The van der Waals surface area contributed by atoms with Gasteiger partial charge in [0.05, 0.1) is 0 Å². The lowest BCUT2D eigenvalue weighted by atomic mass is 10.0. The smallest absolute Gasteiger partial charge is 0.276 e. The fourth-order valence-corrected chi connectivity index (χ4v) is 4.38. The number of benzene rings is 3. The molecule has 0 atom stereocenters. The molecule has 1 amide bonds. The van der Waals surface area contributed by atoms with Gasteiger partial charge in [-0.1, -0.05) is 30.3 Å². The number of aromatic hydroxyl groups is 2. The number of aliphatic hydroxyl groups excluding tert-OH is 1. The number of hydrogen-bond donors (Lipinski definition) is 4. The molecule has 0 saturated carbocycles. The third-order valence-electron chi connectivity index (χ3n) is 5.09. The molecule has 0 aromatic heterocycles. The zero-order valence-electron chi connectivity index (χ0n) is 16.9. The predicted molar refractivity (Wildman–Crippen MR) is 122 cm³/mol. The second kappa shape index (κ2) is 8.65. The fraction of sp³-hybridized carbons (Fsp3) is 0.125. The molecule has 0 radical (unpaired) electrons. The van der Waals surface area contributed by atoms with E-state index in [1.54, 1.807) is 29.6 Å². The minimum absolute atomic E-state index is 0.0388. The number of anilines is 1. The molecule has 3 aromatic rings. The Morgan fingerprint density at radius 3 is 2.32 bits per heavy atom. The zero-order chi connectivity index (χ0) is 22.0. The van der Waals surface area contributed by atoms with Gasteiger partial charge in [-0.15, -0.1) is 0 Å². The van der Waals surface area contributed by atoms with Gasteiger partial charge in [0.15, 0.2) is 23.0 Å². The van der Waals surface area contributed by atoms with Crippen molar-refractivity contribution in [2.75, 3.05) is 12.4 Å². The van der Waals surface area contributed by atoms with Crippen LogP contribution < -0.4 is 5.32 Å². The molecule has 1 aliphatic heterocycles. The van der Waals surface area contributed by atoms with Gasteiger partial charge in [-0.25, -0.2) is 0 Å². The molecule has 0 aliphatic carbocycles. The lowest BCUT2D eigenvalue weighted by molar-refractivity contribution is -0.113. The first-order valence-corrected chi connectivity index (χ1v) is 10.5. The summed E-state index contributed by atoms with van der Waals surface area (Å²) in [6, 6.07) is 19.7. The van der Waals surface area contributed by atoms with Gasteiger partial charge in [-0.3, -0.25) is 4.79 Å². The van der Waals surface area contributed by atoms with Crippen LogP contribution in [0.4, 0.5) is 5.69 Å². The molecule has 4 rings (SSSR count). The maximum absolute atomic E-state index is 12.8. The molecule has 7 heteroatoms. The summed E-state index contributed by atoms with van der Waals surface area (Å²) in [6.45, 7) is 0. The number of carbonyl (C=O) groups excluding carboxylic acids is 1. The number of aryl methyl sites for hydroxylation is 2. The second-order valence-electron chi connectivity index (χ2n) is 7.26. The van der Waals surface area contributed by atoms with Gasteiger partial charge >= 0.3 is 0 Å². The number of carbonyl (C=O) groups is 1. The maximum atomic E-state index is 12.8. The highest BCUT2D eigenvalue weighted by Crippen LogP contribution is 2.38. The Hall–Kier alpha value is -3.58. The summed E-state index contributed by atoms with van der Waals surface area (Å²) in [4.78, 5) is 13.7. The van der Waals surface area contributed by atoms with Crippen molar-refractivity contribution in [3.63, 3.8) is 0 Å². The highest BCUT2D eigenvalue weighted by atomic mass is 32.2. The van der Waals surface area contributed by atoms with E-state index in [9.17, 15) is 20.1 Å². The number of likely N-dealkylation sites (N-methyl/N-ethyl adjacent to an activating group) is 1. The summed E-state index contributed by atoms with van der Waals surface area (Å²) in [7, 11) is 1.75. The number of nitrogens with zero attached hydrogens (tertiary/aromatic N) is 1. The Morgan fingerprint density at radius 2 is 1.58 bits per heavy atom. The average molecular weight is 435 g/mol. The van der Waals surface area contributed by atoms with E-state index in [4.69, 9.17) is 0 Å². The van der Waals surface area contributed by atoms with Crippen LogP contribution in [0.2, 0.25) is 0 Å². The van der Waals surface area contributed by atoms with Crippen molar-refractivity contribution in [2.45, 2.75) is 17.7 Å².